The lowest BCUT2D eigenvalue weighted by molar-refractivity contribution is 0.247. The molecule has 0 aromatic carbocycles. The number of hydrogen-bond donors (Lipinski definition) is 0. The van der Waals surface area contributed by atoms with Crippen molar-refractivity contribution in [3.8, 4) is 0 Å². The summed E-state index contributed by atoms with van der Waals surface area (Å²) in [6.07, 6.45) is 6.10. The van der Waals surface area contributed by atoms with Crippen molar-refractivity contribution < 1.29 is 0 Å². The van der Waals surface area contributed by atoms with Crippen LogP contribution in [0.2, 0.25) is 5.15 Å². The normalized spacial score (nSPS) is 19.6. The number of aromatic nitrogens is 3. The zero-order valence-electron chi connectivity index (χ0n) is 11.9. The number of aryl methyl sites for hydroxylation is 2. The van der Waals surface area contributed by atoms with Gasteiger partial charge in [-0.25, -0.2) is 0 Å². The molecule has 2 aromatic rings. The highest BCUT2D eigenvalue weighted by Gasteiger charge is 2.30. The number of halogens is 1. The van der Waals surface area contributed by atoms with E-state index in [2.05, 4.69) is 21.0 Å². The summed E-state index contributed by atoms with van der Waals surface area (Å²) in [5, 5.41) is 5.21. The van der Waals surface area contributed by atoms with Gasteiger partial charge in [0.1, 0.15) is 5.15 Å². The molecule has 1 atom stereocenters. The van der Waals surface area contributed by atoms with Crippen LogP contribution in [0.3, 0.4) is 0 Å². The van der Waals surface area contributed by atoms with Gasteiger partial charge in [-0.2, -0.15) is 5.10 Å². The fourth-order valence-electron chi connectivity index (χ4n) is 3.09. The van der Waals surface area contributed by atoms with Gasteiger partial charge in [-0.15, -0.1) is 0 Å². The van der Waals surface area contributed by atoms with Crippen molar-refractivity contribution in [2.45, 2.75) is 32.4 Å². The molecule has 0 bridgehead atoms. The lowest BCUT2D eigenvalue weighted by Crippen LogP contribution is -2.23. The van der Waals surface area contributed by atoms with Gasteiger partial charge in [0.25, 0.3) is 0 Å². The van der Waals surface area contributed by atoms with Crippen molar-refractivity contribution in [2.24, 2.45) is 7.05 Å². The van der Waals surface area contributed by atoms with Crippen molar-refractivity contribution in [3.05, 3.63) is 46.5 Å². The monoisotopic (exact) mass is 290 g/mol. The molecule has 0 aliphatic carbocycles. The molecule has 106 valence electrons. The average molecular weight is 291 g/mol. The van der Waals surface area contributed by atoms with E-state index in [9.17, 15) is 0 Å². The van der Waals surface area contributed by atoms with Gasteiger partial charge in [-0.3, -0.25) is 14.6 Å². The lowest BCUT2D eigenvalue weighted by Gasteiger charge is -2.24. The van der Waals surface area contributed by atoms with Gasteiger partial charge in [0.15, 0.2) is 0 Å². The first kappa shape index (κ1) is 13.6. The SMILES string of the molecule is Cc1nn(C)c(Cl)c1[C@@H]1CCCN1Cc1cccnc1. The molecule has 0 unspecified atom stereocenters. The van der Waals surface area contributed by atoms with Gasteiger partial charge in [-0.05, 0) is 37.9 Å². The molecular weight excluding hydrogens is 272 g/mol. The standard InChI is InChI=1S/C15H19ClN4/c1-11-14(15(16)19(2)18-11)13-6-4-8-20(13)10-12-5-3-7-17-9-12/h3,5,7,9,13H,4,6,8,10H2,1-2H3/t13-/m0/s1. The molecule has 3 heterocycles. The molecular formula is C15H19ClN4. The van der Waals surface area contributed by atoms with Crippen LogP contribution >= 0.6 is 11.6 Å². The van der Waals surface area contributed by atoms with Crippen LogP contribution in [-0.2, 0) is 13.6 Å². The Morgan fingerprint density at radius 3 is 2.95 bits per heavy atom. The molecule has 1 aliphatic heterocycles. The van der Waals surface area contributed by atoms with E-state index < -0.39 is 0 Å². The van der Waals surface area contributed by atoms with Crippen molar-refractivity contribution in [1.82, 2.24) is 19.7 Å². The summed E-state index contributed by atoms with van der Waals surface area (Å²) in [5.74, 6) is 0. The van der Waals surface area contributed by atoms with E-state index in [0.717, 1.165) is 30.4 Å². The minimum absolute atomic E-state index is 0.372. The first-order valence-corrected chi connectivity index (χ1v) is 7.36. The highest BCUT2D eigenvalue weighted by molar-refractivity contribution is 6.30. The summed E-state index contributed by atoms with van der Waals surface area (Å²) >= 11 is 6.42. The van der Waals surface area contributed by atoms with Crippen LogP contribution in [-0.4, -0.2) is 26.2 Å². The summed E-state index contributed by atoms with van der Waals surface area (Å²) in [5.41, 5.74) is 3.48. The first-order valence-electron chi connectivity index (χ1n) is 6.98. The highest BCUT2D eigenvalue weighted by Crippen LogP contribution is 2.38. The van der Waals surface area contributed by atoms with E-state index in [1.807, 2.05) is 32.4 Å². The molecule has 20 heavy (non-hydrogen) atoms. The minimum atomic E-state index is 0.372. The van der Waals surface area contributed by atoms with Crippen molar-refractivity contribution in [3.63, 3.8) is 0 Å². The van der Waals surface area contributed by atoms with Crippen LogP contribution in [0.5, 0.6) is 0 Å². The molecule has 0 N–H and O–H groups in total. The van der Waals surface area contributed by atoms with Crippen LogP contribution in [0.15, 0.2) is 24.5 Å². The van der Waals surface area contributed by atoms with Crippen LogP contribution in [0, 0.1) is 6.92 Å². The molecule has 0 spiro atoms. The molecule has 1 saturated heterocycles. The van der Waals surface area contributed by atoms with Crippen molar-refractivity contribution >= 4 is 11.6 Å². The average Bonchev–Trinajstić information content (AvgIpc) is 2.97. The third kappa shape index (κ3) is 2.45. The Labute approximate surface area is 124 Å². The molecule has 5 heteroatoms. The maximum Gasteiger partial charge on any atom is 0.131 e. The predicted molar refractivity (Wildman–Crippen MR) is 79.6 cm³/mol. The number of pyridine rings is 1. The highest BCUT2D eigenvalue weighted by atomic mass is 35.5. The second kappa shape index (κ2) is 5.54. The Balaban J connectivity index is 1.85. The van der Waals surface area contributed by atoms with Gasteiger partial charge in [-0.1, -0.05) is 17.7 Å². The van der Waals surface area contributed by atoms with Crippen molar-refractivity contribution in [2.75, 3.05) is 6.54 Å². The second-order valence-corrected chi connectivity index (χ2v) is 5.76. The Morgan fingerprint density at radius 2 is 2.30 bits per heavy atom. The topological polar surface area (TPSA) is 34.0 Å². The molecule has 0 amide bonds. The smallest absolute Gasteiger partial charge is 0.131 e. The summed E-state index contributed by atoms with van der Waals surface area (Å²) in [7, 11) is 1.90. The summed E-state index contributed by atoms with van der Waals surface area (Å²) in [6, 6.07) is 4.49. The van der Waals surface area contributed by atoms with Crippen LogP contribution in [0.25, 0.3) is 0 Å². The molecule has 2 aromatic heterocycles. The Kier molecular flexibility index (Phi) is 3.76. The quantitative estimate of drug-likeness (QED) is 0.871. The zero-order chi connectivity index (χ0) is 14.1. The fraction of sp³-hybridized carbons (Fsp3) is 0.467. The summed E-state index contributed by atoms with van der Waals surface area (Å²) < 4.78 is 1.77. The number of rotatable bonds is 3. The number of hydrogen-bond acceptors (Lipinski definition) is 3. The molecule has 1 fully saturated rings. The van der Waals surface area contributed by atoms with E-state index in [0.29, 0.717) is 6.04 Å². The van der Waals surface area contributed by atoms with E-state index in [-0.39, 0.29) is 0 Å². The van der Waals surface area contributed by atoms with E-state index in [4.69, 9.17) is 11.6 Å². The third-order valence-electron chi connectivity index (χ3n) is 4.00. The lowest BCUT2D eigenvalue weighted by atomic mass is 10.1. The van der Waals surface area contributed by atoms with E-state index in [1.165, 1.54) is 17.5 Å². The van der Waals surface area contributed by atoms with Crippen LogP contribution in [0.1, 0.15) is 35.7 Å². The van der Waals surface area contributed by atoms with Gasteiger partial charge in [0.2, 0.25) is 0 Å². The minimum Gasteiger partial charge on any atom is -0.292 e. The largest absolute Gasteiger partial charge is 0.292 e. The van der Waals surface area contributed by atoms with Gasteiger partial charge >= 0.3 is 0 Å². The zero-order valence-corrected chi connectivity index (χ0v) is 12.6. The van der Waals surface area contributed by atoms with E-state index in [1.54, 1.807) is 4.68 Å². The molecule has 4 nitrogen and oxygen atoms in total. The third-order valence-corrected chi connectivity index (χ3v) is 4.45. The first-order chi connectivity index (χ1) is 9.66. The second-order valence-electron chi connectivity index (χ2n) is 5.40. The predicted octanol–water partition coefficient (Wildman–Crippen LogP) is 3.11. The number of likely N-dealkylation sites (tertiary alicyclic amines) is 1. The number of nitrogens with zero attached hydrogens (tertiary/aromatic N) is 4. The molecule has 1 aliphatic rings. The van der Waals surface area contributed by atoms with Gasteiger partial charge < -0.3 is 0 Å². The molecule has 0 radical (unpaired) electrons. The fourth-order valence-corrected chi connectivity index (χ4v) is 3.39. The van der Waals surface area contributed by atoms with E-state index >= 15 is 0 Å². The Bertz CT molecular complexity index is 593. The summed E-state index contributed by atoms with van der Waals surface area (Å²) in [6.45, 7) is 4.06. The van der Waals surface area contributed by atoms with Crippen LogP contribution < -0.4 is 0 Å². The Hall–Kier alpha value is -1.39. The maximum absolute atomic E-state index is 6.42. The summed E-state index contributed by atoms with van der Waals surface area (Å²) in [4.78, 5) is 6.67. The van der Waals surface area contributed by atoms with Gasteiger partial charge in [0, 0.05) is 37.6 Å². The molecule has 0 saturated carbocycles. The molecule has 3 rings (SSSR count). The van der Waals surface area contributed by atoms with Crippen molar-refractivity contribution in [1.29, 1.82) is 0 Å². The van der Waals surface area contributed by atoms with Gasteiger partial charge in [0.05, 0.1) is 5.69 Å². The van der Waals surface area contributed by atoms with Crippen LogP contribution in [0.4, 0.5) is 0 Å². The Morgan fingerprint density at radius 1 is 1.45 bits per heavy atom. The maximum atomic E-state index is 6.42.